The first-order chi connectivity index (χ1) is 13.7. The lowest BCUT2D eigenvalue weighted by atomic mass is 9.93. The number of carbonyl (C=O) groups is 2. The molecular weight excluding hydrogens is 372 g/mol. The Morgan fingerprint density at radius 1 is 1.24 bits per heavy atom. The molecule has 1 atom stereocenters. The summed E-state index contributed by atoms with van der Waals surface area (Å²) in [5, 5.41) is 14.2. The first kappa shape index (κ1) is 21.4. The number of aliphatic hydroxyl groups is 1. The van der Waals surface area contributed by atoms with Crippen LogP contribution in [0.1, 0.15) is 55.2 Å². The number of hydrogen-bond acceptors (Lipinski definition) is 7. The quantitative estimate of drug-likeness (QED) is 0.660. The van der Waals surface area contributed by atoms with Crippen molar-refractivity contribution in [2.24, 2.45) is 0 Å². The number of nitrogens with zero attached hydrogens (tertiary/aromatic N) is 4. The minimum Gasteiger partial charge on any atom is -0.388 e. The van der Waals surface area contributed by atoms with Crippen LogP contribution in [0.2, 0.25) is 0 Å². The number of aryl methyl sites for hydroxylation is 1. The van der Waals surface area contributed by atoms with Crippen LogP contribution in [-0.4, -0.2) is 81.1 Å². The third kappa shape index (κ3) is 5.86. The molecule has 2 saturated heterocycles. The maximum atomic E-state index is 12.8. The number of nitrogens with one attached hydrogen (secondary N) is 1. The number of nitrogen functional groups attached to an aromatic ring is 1. The van der Waals surface area contributed by atoms with E-state index in [0.29, 0.717) is 43.9 Å². The van der Waals surface area contributed by atoms with Crippen LogP contribution in [0, 0.1) is 6.92 Å². The number of aromatic nitrogens is 2. The van der Waals surface area contributed by atoms with E-state index in [9.17, 15) is 14.7 Å². The molecule has 1 aromatic heterocycles. The van der Waals surface area contributed by atoms with Crippen molar-refractivity contribution in [2.75, 3.05) is 38.5 Å². The van der Waals surface area contributed by atoms with E-state index < -0.39 is 5.60 Å². The predicted molar refractivity (Wildman–Crippen MR) is 109 cm³/mol. The summed E-state index contributed by atoms with van der Waals surface area (Å²) in [4.78, 5) is 36.2. The summed E-state index contributed by atoms with van der Waals surface area (Å²) in [5.74, 6) is -0.0545. The van der Waals surface area contributed by atoms with Crippen molar-refractivity contribution in [3.63, 3.8) is 0 Å². The third-order valence-corrected chi connectivity index (χ3v) is 5.81. The van der Waals surface area contributed by atoms with Crippen LogP contribution in [0.4, 0.5) is 5.95 Å². The van der Waals surface area contributed by atoms with Gasteiger partial charge in [0.15, 0.2) is 0 Å². The molecule has 2 fully saturated rings. The number of hydrogen-bond donors (Lipinski definition) is 3. The molecule has 2 amide bonds. The normalized spacial score (nSPS) is 24.2. The lowest BCUT2D eigenvalue weighted by Gasteiger charge is -2.38. The van der Waals surface area contributed by atoms with Gasteiger partial charge in [0.25, 0.3) is 5.91 Å². The van der Waals surface area contributed by atoms with Crippen molar-refractivity contribution >= 4 is 17.8 Å². The summed E-state index contributed by atoms with van der Waals surface area (Å²) in [5.41, 5.74) is 5.84. The van der Waals surface area contributed by atoms with Crippen LogP contribution in [-0.2, 0) is 4.79 Å². The van der Waals surface area contributed by atoms with Gasteiger partial charge in [0.05, 0.1) is 5.60 Å². The molecule has 160 valence electrons. The molecule has 1 aromatic rings. The summed E-state index contributed by atoms with van der Waals surface area (Å²) in [7, 11) is 0. The Balaban J connectivity index is 1.55. The highest BCUT2D eigenvalue weighted by molar-refractivity contribution is 5.92. The Bertz CT molecular complexity index is 729. The molecule has 0 spiro atoms. The zero-order valence-corrected chi connectivity index (χ0v) is 17.4. The number of piperidine rings is 1. The van der Waals surface area contributed by atoms with Crippen molar-refractivity contribution in [3.05, 3.63) is 17.5 Å². The van der Waals surface area contributed by atoms with Crippen molar-refractivity contribution in [1.82, 2.24) is 25.1 Å². The van der Waals surface area contributed by atoms with E-state index in [1.54, 1.807) is 24.8 Å². The number of carbonyl (C=O) groups excluding carboxylic acids is 2. The molecule has 0 aromatic carbocycles. The van der Waals surface area contributed by atoms with E-state index >= 15 is 0 Å². The maximum Gasteiger partial charge on any atom is 0.272 e. The van der Waals surface area contributed by atoms with Crippen LogP contribution >= 0.6 is 0 Å². The highest BCUT2D eigenvalue weighted by atomic mass is 16.3. The van der Waals surface area contributed by atoms with Gasteiger partial charge in [0.1, 0.15) is 5.69 Å². The minimum absolute atomic E-state index is 0.0104. The Labute approximate surface area is 171 Å². The Morgan fingerprint density at radius 2 is 1.97 bits per heavy atom. The van der Waals surface area contributed by atoms with Gasteiger partial charge in [-0.2, -0.15) is 0 Å². The number of likely N-dealkylation sites (tertiary alicyclic amines) is 2. The molecule has 9 heteroatoms. The fourth-order valence-electron chi connectivity index (χ4n) is 4.34. The molecule has 1 unspecified atom stereocenters. The van der Waals surface area contributed by atoms with Gasteiger partial charge in [-0.05, 0) is 45.1 Å². The van der Waals surface area contributed by atoms with Crippen LogP contribution in [0.25, 0.3) is 0 Å². The molecule has 3 rings (SSSR count). The molecule has 9 nitrogen and oxygen atoms in total. The van der Waals surface area contributed by atoms with Gasteiger partial charge in [0.2, 0.25) is 11.9 Å². The number of amides is 2. The molecule has 0 radical (unpaired) electrons. The lowest BCUT2D eigenvalue weighted by Crippen LogP contribution is -2.50. The van der Waals surface area contributed by atoms with Gasteiger partial charge in [-0.25, -0.2) is 9.97 Å². The molecule has 0 bridgehead atoms. The highest BCUT2D eigenvalue weighted by Gasteiger charge is 2.35. The van der Waals surface area contributed by atoms with Gasteiger partial charge in [-0.1, -0.05) is 0 Å². The fourth-order valence-corrected chi connectivity index (χ4v) is 4.34. The number of rotatable bonds is 4. The van der Waals surface area contributed by atoms with E-state index in [1.165, 1.54) is 0 Å². The van der Waals surface area contributed by atoms with Crippen LogP contribution in [0.3, 0.4) is 0 Å². The molecule has 3 heterocycles. The van der Waals surface area contributed by atoms with E-state index in [-0.39, 0.29) is 23.8 Å². The Kier molecular flexibility index (Phi) is 6.69. The Morgan fingerprint density at radius 3 is 2.62 bits per heavy atom. The molecule has 2 aliphatic heterocycles. The minimum atomic E-state index is -0.809. The summed E-state index contributed by atoms with van der Waals surface area (Å²) in [6.07, 6.45) is 3.73. The van der Waals surface area contributed by atoms with E-state index in [2.05, 4.69) is 20.2 Å². The maximum absolute atomic E-state index is 12.8. The van der Waals surface area contributed by atoms with E-state index in [1.807, 2.05) is 0 Å². The highest BCUT2D eigenvalue weighted by Crippen LogP contribution is 2.26. The average Bonchev–Trinajstić information content (AvgIpc) is 2.83. The van der Waals surface area contributed by atoms with Gasteiger partial charge in [-0.3, -0.25) is 9.59 Å². The van der Waals surface area contributed by atoms with E-state index in [4.69, 9.17) is 5.73 Å². The summed E-state index contributed by atoms with van der Waals surface area (Å²) < 4.78 is 0. The van der Waals surface area contributed by atoms with Gasteiger partial charge < -0.3 is 26.0 Å². The van der Waals surface area contributed by atoms with Crippen molar-refractivity contribution in [2.45, 2.75) is 57.6 Å². The van der Waals surface area contributed by atoms with Crippen molar-refractivity contribution < 1.29 is 14.7 Å². The molecule has 4 N–H and O–H groups in total. The monoisotopic (exact) mass is 404 g/mol. The molecule has 0 aliphatic carbocycles. The van der Waals surface area contributed by atoms with Crippen LogP contribution in [0.15, 0.2) is 6.07 Å². The van der Waals surface area contributed by atoms with Gasteiger partial charge >= 0.3 is 0 Å². The van der Waals surface area contributed by atoms with Crippen LogP contribution in [0.5, 0.6) is 0 Å². The second-order valence-corrected chi connectivity index (χ2v) is 8.37. The summed E-state index contributed by atoms with van der Waals surface area (Å²) >= 11 is 0. The lowest BCUT2D eigenvalue weighted by molar-refractivity contribution is -0.120. The standard InChI is InChI=1S/C20H32N6O3/c1-14-12-17(24-19(21)22-14)18(28)26-8-3-6-20(29,7-11-26)13-25-9-4-16(5-10-25)23-15(2)27/h12,16,29H,3-11,13H2,1-2H3,(H,23,27)(H2,21,22,24). The third-order valence-electron chi connectivity index (χ3n) is 5.81. The average molecular weight is 405 g/mol. The molecule has 0 saturated carbocycles. The smallest absolute Gasteiger partial charge is 0.272 e. The fraction of sp³-hybridized carbons (Fsp3) is 0.700. The van der Waals surface area contributed by atoms with E-state index in [0.717, 1.165) is 32.4 Å². The number of nitrogens with two attached hydrogens (primary N) is 1. The number of β-amino-alcohol motifs (C(OH)–C–C–N with tert-alkyl or cyclic N) is 1. The van der Waals surface area contributed by atoms with Gasteiger partial charge in [-0.15, -0.1) is 0 Å². The molecule has 2 aliphatic rings. The predicted octanol–water partition coefficient (Wildman–Crippen LogP) is 0.325. The topological polar surface area (TPSA) is 125 Å². The zero-order chi connectivity index (χ0) is 21.0. The molecular formula is C20H32N6O3. The summed E-state index contributed by atoms with van der Waals surface area (Å²) in [6.45, 7) is 6.72. The second kappa shape index (κ2) is 9.04. The van der Waals surface area contributed by atoms with Crippen molar-refractivity contribution in [3.8, 4) is 0 Å². The second-order valence-electron chi connectivity index (χ2n) is 8.37. The SMILES string of the molecule is CC(=O)NC1CCN(CC2(O)CCCN(C(=O)c3cc(C)nc(N)n3)CC2)CC1. The zero-order valence-electron chi connectivity index (χ0n) is 17.4. The first-order valence-corrected chi connectivity index (χ1v) is 10.4. The van der Waals surface area contributed by atoms with Crippen molar-refractivity contribution in [1.29, 1.82) is 0 Å². The molecule has 29 heavy (non-hydrogen) atoms. The summed E-state index contributed by atoms with van der Waals surface area (Å²) in [6, 6.07) is 1.87. The Hall–Kier alpha value is -2.26. The van der Waals surface area contributed by atoms with Crippen LogP contribution < -0.4 is 11.1 Å². The first-order valence-electron chi connectivity index (χ1n) is 10.4. The number of anilines is 1. The van der Waals surface area contributed by atoms with Gasteiger partial charge in [0, 0.05) is 51.4 Å². The largest absolute Gasteiger partial charge is 0.388 e.